The molecule has 3 N–H and O–H groups in total. The number of aryl methyl sites for hydroxylation is 1. The number of hydrogen-bond donors (Lipinski definition) is 2. The van der Waals surface area contributed by atoms with Crippen molar-refractivity contribution in [2.75, 3.05) is 6.54 Å². The molecule has 1 heterocycles. The van der Waals surface area contributed by atoms with Gasteiger partial charge >= 0.3 is 0 Å². The van der Waals surface area contributed by atoms with E-state index in [2.05, 4.69) is 20.7 Å². The van der Waals surface area contributed by atoms with Crippen molar-refractivity contribution in [1.82, 2.24) is 4.72 Å². The van der Waals surface area contributed by atoms with Gasteiger partial charge in [-0.2, -0.15) is 0 Å². The number of rotatable bonds is 4. The van der Waals surface area contributed by atoms with E-state index < -0.39 is 15.6 Å². The predicted molar refractivity (Wildman–Crippen MR) is 86.6 cm³/mol. The van der Waals surface area contributed by atoms with Crippen molar-refractivity contribution in [3.63, 3.8) is 0 Å². The summed E-state index contributed by atoms with van der Waals surface area (Å²) in [5, 5.41) is 0. The van der Waals surface area contributed by atoms with E-state index in [1.165, 1.54) is 24.2 Å². The lowest BCUT2D eigenvalue weighted by atomic mass is 9.92. The fourth-order valence-electron chi connectivity index (χ4n) is 2.48. The minimum absolute atomic E-state index is 0.323. The van der Waals surface area contributed by atoms with Gasteiger partial charge < -0.3 is 5.73 Å². The van der Waals surface area contributed by atoms with Gasteiger partial charge in [-0.15, -0.1) is 11.3 Å². The van der Waals surface area contributed by atoms with Crippen LogP contribution in [0.2, 0.25) is 0 Å². The molecule has 4 nitrogen and oxygen atoms in total. The second kappa shape index (κ2) is 6.44. The van der Waals surface area contributed by atoms with E-state index in [1.54, 1.807) is 6.07 Å². The van der Waals surface area contributed by atoms with Crippen molar-refractivity contribution in [1.29, 1.82) is 0 Å². The Morgan fingerprint density at radius 2 is 1.95 bits per heavy atom. The molecule has 2 rings (SSSR count). The van der Waals surface area contributed by atoms with Crippen molar-refractivity contribution in [2.24, 2.45) is 5.73 Å². The Bertz CT molecular complexity index is 541. The van der Waals surface area contributed by atoms with Crippen LogP contribution in [0, 0.1) is 6.92 Å². The number of sulfonamides is 1. The van der Waals surface area contributed by atoms with Gasteiger partial charge in [-0.1, -0.05) is 25.7 Å². The van der Waals surface area contributed by atoms with E-state index in [0.29, 0.717) is 10.8 Å². The second-order valence-corrected chi connectivity index (χ2v) is 9.99. The number of nitrogens with two attached hydrogens (primary N) is 1. The minimum Gasteiger partial charge on any atom is -0.324 e. The van der Waals surface area contributed by atoms with Crippen LogP contribution in [-0.4, -0.2) is 20.5 Å². The minimum atomic E-state index is -3.45. The zero-order chi connectivity index (χ0) is 14.8. The van der Waals surface area contributed by atoms with E-state index in [-0.39, 0.29) is 0 Å². The van der Waals surface area contributed by atoms with Gasteiger partial charge in [0.25, 0.3) is 0 Å². The molecule has 7 heteroatoms. The first-order valence-corrected chi connectivity index (χ1v) is 9.96. The Balaban J connectivity index is 2.05. The third-order valence-corrected chi connectivity index (χ3v) is 7.82. The highest BCUT2D eigenvalue weighted by molar-refractivity contribution is 9.11. The van der Waals surface area contributed by atoms with Crippen LogP contribution in [0.15, 0.2) is 14.1 Å². The van der Waals surface area contributed by atoms with E-state index >= 15 is 0 Å². The van der Waals surface area contributed by atoms with Crippen LogP contribution in [0.5, 0.6) is 0 Å². The van der Waals surface area contributed by atoms with Crippen molar-refractivity contribution >= 4 is 37.3 Å². The van der Waals surface area contributed by atoms with E-state index in [9.17, 15) is 8.42 Å². The number of hydrogen-bond acceptors (Lipinski definition) is 4. The van der Waals surface area contributed by atoms with Gasteiger partial charge in [0, 0.05) is 12.1 Å². The molecule has 0 saturated heterocycles. The monoisotopic (exact) mass is 380 g/mol. The summed E-state index contributed by atoms with van der Waals surface area (Å²) in [6.07, 6.45) is 6.35. The summed E-state index contributed by atoms with van der Waals surface area (Å²) >= 11 is 4.60. The highest BCUT2D eigenvalue weighted by Crippen LogP contribution is 2.31. The van der Waals surface area contributed by atoms with Gasteiger partial charge in [0.2, 0.25) is 10.0 Å². The standard InChI is InChI=1S/C13H21BrN2O2S2/c1-10-8-11(19-12(10)14)20(17,18)16-9-13(15)6-4-2-3-5-7-13/h8,16H,2-7,9,15H2,1H3. The van der Waals surface area contributed by atoms with Crippen LogP contribution >= 0.6 is 27.3 Å². The Hall–Kier alpha value is 0.0500. The Morgan fingerprint density at radius 1 is 1.35 bits per heavy atom. The van der Waals surface area contributed by atoms with Crippen LogP contribution in [0.1, 0.15) is 44.1 Å². The summed E-state index contributed by atoms with van der Waals surface area (Å²) in [4.78, 5) is 0. The lowest BCUT2D eigenvalue weighted by Gasteiger charge is -2.28. The second-order valence-electron chi connectivity index (χ2n) is 5.62. The molecule has 0 bridgehead atoms. The van der Waals surface area contributed by atoms with Crippen molar-refractivity contribution < 1.29 is 8.42 Å². The van der Waals surface area contributed by atoms with Crippen LogP contribution in [0.4, 0.5) is 0 Å². The topological polar surface area (TPSA) is 72.2 Å². The smallest absolute Gasteiger partial charge is 0.250 e. The maximum atomic E-state index is 12.3. The first-order valence-electron chi connectivity index (χ1n) is 6.87. The largest absolute Gasteiger partial charge is 0.324 e. The lowest BCUT2D eigenvalue weighted by Crippen LogP contribution is -2.49. The van der Waals surface area contributed by atoms with Crippen molar-refractivity contribution in [2.45, 2.75) is 55.2 Å². The van der Waals surface area contributed by atoms with Gasteiger partial charge in [0.05, 0.1) is 3.79 Å². The first kappa shape index (κ1) is 16.4. The summed E-state index contributed by atoms with van der Waals surface area (Å²) in [6.45, 7) is 2.21. The molecule has 1 saturated carbocycles. The zero-order valence-electron chi connectivity index (χ0n) is 11.6. The van der Waals surface area contributed by atoms with Crippen molar-refractivity contribution in [3.05, 3.63) is 15.4 Å². The molecule has 0 atom stereocenters. The molecule has 20 heavy (non-hydrogen) atoms. The third-order valence-electron chi connectivity index (χ3n) is 3.81. The summed E-state index contributed by atoms with van der Waals surface area (Å²) in [7, 11) is -3.45. The van der Waals surface area contributed by atoms with Crippen LogP contribution in [0.3, 0.4) is 0 Å². The molecule has 1 aliphatic rings. The molecule has 1 aliphatic carbocycles. The summed E-state index contributed by atoms with van der Waals surface area (Å²) in [5.41, 5.74) is 6.89. The molecule has 1 aromatic heterocycles. The maximum Gasteiger partial charge on any atom is 0.250 e. The maximum absolute atomic E-state index is 12.3. The lowest BCUT2D eigenvalue weighted by molar-refractivity contribution is 0.369. The van der Waals surface area contributed by atoms with Gasteiger partial charge in [0.15, 0.2) is 0 Å². The van der Waals surface area contributed by atoms with Gasteiger partial charge in [-0.25, -0.2) is 13.1 Å². The van der Waals surface area contributed by atoms with E-state index in [0.717, 1.165) is 35.0 Å². The van der Waals surface area contributed by atoms with Gasteiger partial charge in [-0.3, -0.25) is 0 Å². The van der Waals surface area contributed by atoms with Crippen LogP contribution in [-0.2, 0) is 10.0 Å². The Morgan fingerprint density at radius 3 is 2.45 bits per heavy atom. The average Bonchev–Trinajstić information content (AvgIpc) is 2.61. The quantitative estimate of drug-likeness (QED) is 0.787. The highest BCUT2D eigenvalue weighted by Gasteiger charge is 2.29. The van der Waals surface area contributed by atoms with Gasteiger partial charge in [-0.05, 0) is 47.3 Å². The predicted octanol–water partition coefficient (Wildman–Crippen LogP) is 3.15. The highest BCUT2D eigenvalue weighted by atomic mass is 79.9. The molecule has 0 radical (unpaired) electrons. The molecule has 0 spiro atoms. The molecule has 114 valence electrons. The molecule has 1 aromatic rings. The Labute approximate surface area is 133 Å². The number of halogens is 1. The fraction of sp³-hybridized carbons (Fsp3) is 0.692. The third kappa shape index (κ3) is 4.04. The van der Waals surface area contributed by atoms with Crippen LogP contribution < -0.4 is 10.5 Å². The number of thiophene rings is 1. The number of nitrogens with one attached hydrogen (secondary N) is 1. The zero-order valence-corrected chi connectivity index (χ0v) is 14.8. The molecule has 0 aliphatic heterocycles. The normalized spacial score (nSPS) is 19.8. The molecule has 0 aromatic carbocycles. The van der Waals surface area contributed by atoms with Crippen LogP contribution in [0.25, 0.3) is 0 Å². The molecular weight excluding hydrogens is 360 g/mol. The molecule has 0 amide bonds. The molecular formula is C13H21BrN2O2S2. The van der Waals surface area contributed by atoms with Crippen molar-refractivity contribution in [3.8, 4) is 0 Å². The molecule has 0 unspecified atom stereocenters. The SMILES string of the molecule is Cc1cc(S(=O)(=O)NCC2(N)CCCCCC2)sc1Br. The molecule has 1 fully saturated rings. The average molecular weight is 381 g/mol. The van der Waals surface area contributed by atoms with E-state index in [1.807, 2.05) is 6.92 Å². The fourth-order valence-corrected chi connectivity index (χ4v) is 5.89. The summed E-state index contributed by atoms with van der Waals surface area (Å²) < 4.78 is 28.5. The Kier molecular flexibility index (Phi) is 5.29. The van der Waals surface area contributed by atoms with Gasteiger partial charge in [0.1, 0.15) is 4.21 Å². The van der Waals surface area contributed by atoms with E-state index in [4.69, 9.17) is 5.73 Å². The first-order chi connectivity index (χ1) is 9.32. The summed E-state index contributed by atoms with van der Waals surface area (Å²) in [6, 6.07) is 1.69. The summed E-state index contributed by atoms with van der Waals surface area (Å²) in [5.74, 6) is 0.